The Morgan fingerprint density at radius 2 is 2.27 bits per heavy atom. The molecular weight excluding hydrogens is 192 g/mol. The van der Waals surface area contributed by atoms with Crippen molar-refractivity contribution >= 4 is 16.7 Å². The Hall–Kier alpha value is -2.35. The second-order valence-corrected chi connectivity index (χ2v) is 3.17. The zero-order chi connectivity index (χ0) is 11.0. The zero-order valence-electron chi connectivity index (χ0n) is 8.06. The molecule has 74 valence electrons. The molecule has 0 aromatic carbocycles. The first-order valence-corrected chi connectivity index (χ1v) is 4.30. The molecule has 2 aromatic heterocycles. The topological polar surface area (TPSA) is 84.7 Å². The number of rotatable bonds is 0. The normalized spacial score (nSPS) is 10.1. The summed E-state index contributed by atoms with van der Waals surface area (Å²) in [6.07, 6.45) is 0. The van der Waals surface area contributed by atoms with Gasteiger partial charge in [-0.05, 0) is 12.1 Å². The molecule has 0 bridgehead atoms. The van der Waals surface area contributed by atoms with Crippen LogP contribution in [0.5, 0.6) is 0 Å². The minimum absolute atomic E-state index is 0.131. The van der Waals surface area contributed by atoms with Crippen LogP contribution in [0.3, 0.4) is 0 Å². The van der Waals surface area contributed by atoms with Gasteiger partial charge in [0.15, 0.2) is 5.69 Å². The van der Waals surface area contributed by atoms with Crippen LogP contribution in [0.15, 0.2) is 23.0 Å². The Labute approximate surface area is 85.4 Å². The Kier molecular flexibility index (Phi) is 1.90. The second-order valence-electron chi connectivity index (χ2n) is 3.17. The number of pyridine rings is 2. The Morgan fingerprint density at radius 1 is 1.53 bits per heavy atom. The van der Waals surface area contributed by atoms with E-state index in [9.17, 15) is 4.79 Å². The van der Waals surface area contributed by atoms with Gasteiger partial charge in [0.2, 0.25) is 0 Å². The molecule has 2 N–H and O–H groups in total. The summed E-state index contributed by atoms with van der Waals surface area (Å²) in [5.41, 5.74) is 7.16. The van der Waals surface area contributed by atoms with Crippen molar-refractivity contribution < 1.29 is 0 Å². The lowest BCUT2D eigenvalue weighted by atomic mass is 10.2. The van der Waals surface area contributed by atoms with Crippen LogP contribution in [0.4, 0.5) is 5.69 Å². The number of aryl methyl sites for hydroxylation is 1. The van der Waals surface area contributed by atoms with Crippen molar-refractivity contribution in [2.45, 2.75) is 0 Å². The molecule has 2 aromatic rings. The van der Waals surface area contributed by atoms with E-state index in [4.69, 9.17) is 11.0 Å². The molecule has 0 spiro atoms. The van der Waals surface area contributed by atoms with Crippen molar-refractivity contribution in [3.63, 3.8) is 0 Å². The van der Waals surface area contributed by atoms with E-state index in [1.54, 1.807) is 19.2 Å². The highest BCUT2D eigenvalue weighted by molar-refractivity contribution is 5.79. The van der Waals surface area contributed by atoms with Crippen molar-refractivity contribution in [3.05, 3.63) is 34.2 Å². The lowest BCUT2D eigenvalue weighted by molar-refractivity contribution is 0.903. The maximum atomic E-state index is 11.3. The molecule has 0 amide bonds. The number of nitrogens with zero attached hydrogens (tertiary/aromatic N) is 3. The van der Waals surface area contributed by atoms with E-state index in [0.717, 1.165) is 0 Å². The molecule has 0 unspecified atom stereocenters. The first-order chi connectivity index (χ1) is 7.13. The third kappa shape index (κ3) is 1.32. The van der Waals surface area contributed by atoms with Crippen molar-refractivity contribution in [2.24, 2.45) is 7.05 Å². The maximum absolute atomic E-state index is 11.3. The quantitative estimate of drug-likeness (QED) is 0.666. The van der Waals surface area contributed by atoms with Crippen molar-refractivity contribution in [2.75, 3.05) is 5.73 Å². The van der Waals surface area contributed by atoms with Gasteiger partial charge in [0.05, 0.1) is 16.7 Å². The molecule has 0 aliphatic heterocycles. The Balaban J connectivity index is 2.95. The fraction of sp³-hybridized carbons (Fsp3) is 0.100. The number of hydrogen-bond donors (Lipinski definition) is 1. The molecule has 0 atom stereocenters. The molecule has 2 heterocycles. The van der Waals surface area contributed by atoms with E-state index >= 15 is 0 Å². The summed E-state index contributed by atoms with van der Waals surface area (Å²) < 4.78 is 1.44. The minimum Gasteiger partial charge on any atom is -0.396 e. The van der Waals surface area contributed by atoms with Crippen LogP contribution in [-0.2, 0) is 7.05 Å². The average molecular weight is 200 g/mol. The highest BCUT2D eigenvalue weighted by Crippen LogP contribution is 2.15. The van der Waals surface area contributed by atoms with E-state index in [1.165, 1.54) is 10.6 Å². The van der Waals surface area contributed by atoms with Gasteiger partial charge in [-0.3, -0.25) is 4.79 Å². The molecular formula is C10H8N4O. The van der Waals surface area contributed by atoms with Crippen LogP contribution in [0, 0.1) is 11.3 Å². The highest BCUT2D eigenvalue weighted by Gasteiger charge is 2.05. The summed E-state index contributed by atoms with van der Waals surface area (Å²) in [7, 11) is 1.64. The predicted octanol–water partition coefficient (Wildman–Crippen LogP) is 0.387. The van der Waals surface area contributed by atoms with Crippen LogP contribution in [0.1, 0.15) is 5.69 Å². The first-order valence-electron chi connectivity index (χ1n) is 4.30. The molecule has 0 saturated carbocycles. The summed E-state index contributed by atoms with van der Waals surface area (Å²) in [5.74, 6) is 0. The molecule has 0 fully saturated rings. The van der Waals surface area contributed by atoms with Gasteiger partial charge in [-0.2, -0.15) is 5.26 Å². The molecule has 5 nitrogen and oxygen atoms in total. The molecule has 0 saturated heterocycles. The van der Waals surface area contributed by atoms with Crippen LogP contribution in [-0.4, -0.2) is 9.55 Å². The molecule has 0 radical (unpaired) electrons. The standard InChI is InChI=1S/C10H8N4O/c1-14-9-4-6(12)8(5-11)13-7(9)2-3-10(14)15/h2-4H,12H2,1H3. The van der Waals surface area contributed by atoms with Gasteiger partial charge in [-0.1, -0.05) is 0 Å². The van der Waals surface area contributed by atoms with Gasteiger partial charge in [-0.15, -0.1) is 0 Å². The fourth-order valence-electron chi connectivity index (χ4n) is 1.39. The number of hydrogen-bond acceptors (Lipinski definition) is 4. The molecule has 5 heteroatoms. The van der Waals surface area contributed by atoms with Gasteiger partial charge >= 0.3 is 0 Å². The lowest BCUT2D eigenvalue weighted by Gasteiger charge is -2.05. The number of nitrogen functional groups attached to an aromatic ring is 1. The van der Waals surface area contributed by atoms with Gasteiger partial charge in [0.1, 0.15) is 6.07 Å². The number of aromatic nitrogens is 2. The van der Waals surface area contributed by atoms with Gasteiger partial charge in [-0.25, -0.2) is 4.98 Å². The van der Waals surface area contributed by atoms with Crippen LogP contribution >= 0.6 is 0 Å². The fourth-order valence-corrected chi connectivity index (χ4v) is 1.39. The number of fused-ring (bicyclic) bond motifs is 1. The average Bonchev–Trinajstić information content (AvgIpc) is 2.24. The SMILES string of the molecule is Cn1c(=O)ccc2nc(C#N)c(N)cc21. The Bertz CT molecular complexity index is 636. The van der Waals surface area contributed by atoms with Gasteiger partial charge in [0, 0.05) is 13.1 Å². The van der Waals surface area contributed by atoms with Crippen molar-refractivity contribution in [1.29, 1.82) is 5.26 Å². The van der Waals surface area contributed by atoms with Crippen molar-refractivity contribution in [3.8, 4) is 6.07 Å². The summed E-state index contributed by atoms with van der Waals surface area (Å²) in [5, 5.41) is 8.74. The smallest absolute Gasteiger partial charge is 0.250 e. The summed E-state index contributed by atoms with van der Waals surface area (Å²) >= 11 is 0. The van der Waals surface area contributed by atoms with E-state index in [0.29, 0.717) is 11.0 Å². The first kappa shape index (κ1) is 9.21. The summed E-state index contributed by atoms with van der Waals surface area (Å²) in [6, 6.07) is 6.47. The zero-order valence-corrected chi connectivity index (χ0v) is 8.06. The molecule has 15 heavy (non-hydrogen) atoms. The lowest BCUT2D eigenvalue weighted by Crippen LogP contribution is -2.15. The van der Waals surface area contributed by atoms with Crippen LogP contribution in [0.2, 0.25) is 0 Å². The van der Waals surface area contributed by atoms with Crippen LogP contribution in [0.25, 0.3) is 11.0 Å². The predicted molar refractivity (Wildman–Crippen MR) is 56.1 cm³/mol. The van der Waals surface area contributed by atoms with Gasteiger partial charge in [0.25, 0.3) is 5.56 Å². The monoisotopic (exact) mass is 200 g/mol. The summed E-state index contributed by atoms with van der Waals surface area (Å²) in [6.45, 7) is 0. The van der Waals surface area contributed by atoms with Crippen molar-refractivity contribution in [1.82, 2.24) is 9.55 Å². The maximum Gasteiger partial charge on any atom is 0.250 e. The Morgan fingerprint density at radius 3 is 2.93 bits per heavy atom. The third-order valence-electron chi connectivity index (χ3n) is 2.24. The van der Waals surface area contributed by atoms with E-state index < -0.39 is 0 Å². The van der Waals surface area contributed by atoms with Gasteiger partial charge < -0.3 is 10.3 Å². The largest absolute Gasteiger partial charge is 0.396 e. The van der Waals surface area contributed by atoms with E-state index in [2.05, 4.69) is 4.98 Å². The third-order valence-corrected chi connectivity index (χ3v) is 2.24. The van der Waals surface area contributed by atoms with E-state index in [1.807, 2.05) is 6.07 Å². The number of nitrogens with two attached hydrogens (primary N) is 1. The summed E-state index contributed by atoms with van der Waals surface area (Å²) in [4.78, 5) is 15.4. The van der Waals surface area contributed by atoms with Crippen LogP contribution < -0.4 is 11.3 Å². The second kappa shape index (κ2) is 3.10. The molecule has 0 aliphatic carbocycles. The minimum atomic E-state index is -0.131. The molecule has 2 rings (SSSR count). The highest BCUT2D eigenvalue weighted by atomic mass is 16.1. The number of nitriles is 1. The molecule has 0 aliphatic rings. The number of anilines is 1. The van der Waals surface area contributed by atoms with E-state index in [-0.39, 0.29) is 16.9 Å².